The van der Waals surface area contributed by atoms with Crippen molar-refractivity contribution in [1.29, 1.82) is 0 Å². The van der Waals surface area contributed by atoms with Crippen LogP contribution in [0.2, 0.25) is 0 Å². The Labute approximate surface area is 141 Å². The van der Waals surface area contributed by atoms with E-state index in [1.807, 2.05) is 19.1 Å². The van der Waals surface area contributed by atoms with Crippen molar-refractivity contribution in [2.75, 3.05) is 5.32 Å². The summed E-state index contributed by atoms with van der Waals surface area (Å²) in [5, 5.41) is 9.00. The van der Waals surface area contributed by atoms with Crippen LogP contribution < -0.4 is 10.5 Å². The minimum Gasteiger partial charge on any atom is -0.302 e. The summed E-state index contributed by atoms with van der Waals surface area (Å²) in [4.78, 5) is 18.2. The molecule has 3 rings (SSSR count). The molecule has 122 valence electrons. The maximum Gasteiger partial charge on any atom is 0.229 e. The fourth-order valence-electron chi connectivity index (χ4n) is 2.88. The molecule has 0 radical (unpaired) electrons. The third-order valence-corrected chi connectivity index (χ3v) is 5.92. The Kier molecular flexibility index (Phi) is 4.89. The van der Waals surface area contributed by atoms with E-state index in [2.05, 4.69) is 10.3 Å². The first-order chi connectivity index (χ1) is 11.0. The summed E-state index contributed by atoms with van der Waals surface area (Å²) in [6, 6.07) is 7.29. The molecule has 1 aromatic carbocycles. The van der Waals surface area contributed by atoms with Crippen molar-refractivity contribution < 1.29 is 9.00 Å². The van der Waals surface area contributed by atoms with Crippen LogP contribution in [-0.4, -0.2) is 15.1 Å². The number of thiazole rings is 1. The molecule has 1 atom stereocenters. The fraction of sp³-hybridized carbons (Fsp3) is 0.375. The highest BCUT2D eigenvalue weighted by Gasteiger charge is 2.23. The average Bonchev–Trinajstić information content (AvgIpc) is 3.17. The number of aromatic nitrogens is 1. The van der Waals surface area contributed by atoms with E-state index >= 15 is 0 Å². The lowest BCUT2D eigenvalue weighted by Crippen LogP contribution is -2.20. The molecule has 2 aromatic rings. The first-order valence-electron chi connectivity index (χ1n) is 7.59. The van der Waals surface area contributed by atoms with Gasteiger partial charge in [-0.25, -0.2) is 14.3 Å². The number of carbonyl (C=O) groups is 1. The number of rotatable bonds is 4. The minimum absolute atomic E-state index is 0.0691. The molecule has 0 bridgehead atoms. The van der Waals surface area contributed by atoms with Crippen LogP contribution in [0.1, 0.15) is 31.4 Å². The van der Waals surface area contributed by atoms with E-state index in [0.29, 0.717) is 10.0 Å². The summed E-state index contributed by atoms with van der Waals surface area (Å²) in [5.41, 5.74) is 1.76. The molecular weight excluding hydrogens is 330 g/mol. The van der Waals surface area contributed by atoms with Crippen molar-refractivity contribution in [3.8, 4) is 10.4 Å². The third kappa shape index (κ3) is 3.68. The van der Waals surface area contributed by atoms with Gasteiger partial charge in [-0.2, -0.15) is 0 Å². The van der Waals surface area contributed by atoms with E-state index in [1.54, 1.807) is 12.1 Å². The Morgan fingerprint density at radius 2 is 2.13 bits per heavy atom. The molecule has 5 nitrogen and oxygen atoms in total. The summed E-state index contributed by atoms with van der Waals surface area (Å²) >= 11 is 1.44. The minimum atomic E-state index is -1.51. The van der Waals surface area contributed by atoms with Crippen LogP contribution in [0, 0.1) is 12.8 Å². The molecule has 0 aliphatic heterocycles. The summed E-state index contributed by atoms with van der Waals surface area (Å²) in [6.45, 7) is 1.91. The molecule has 1 fully saturated rings. The van der Waals surface area contributed by atoms with Crippen LogP contribution in [-0.2, 0) is 15.8 Å². The van der Waals surface area contributed by atoms with Crippen molar-refractivity contribution in [3.05, 3.63) is 30.0 Å². The van der Waals surface area contributed by atoms with Gasteiger partial charge in [0.1, 0.15) is 11.0 Å². The number of nitrogens with two attached hydrogens (primary N) is 1. The lowest BCUT2D eigenvalue weighted by molar-refractivity contribution is -0.119. The number of amides is 1. The highest BCUT2D eigenvalue weighted by molar-refractivity contribution is 7.82. The van der Waals surface area contributed by atoms with E-state index in [9.17, 15) is 9.00 Å². The van der Waals surface area contributed by atoms with Gasteiger partial charge in [0, 0.05) is 5.92 Å². The quantitative estimate of drug-likeness (QED) is 0.888. The Morgan fingerprint density at radius 3 is 2.83 bits per heavy atom. The Bertz CT molecular complexity index is 752. The molecule has 1 aliphatic rings. The monoisotopic (exact) mass is 349 g/mol. The van der Waals surface area contributed by atoms with Crippen molar-refractivity contribution in [3.63, 3.8) is 0 Å². The first kappa shape index (κ1) is 16.3. The number of hydrogen-bond donors (Lipinski definition) is 2. The number of nitrogens with one attached hydrogen (secondary N) is 1. The van der Waals surface area contributed by atoms with Gasteiger partial charge < -0.3 is 5.32 Å². The van der Waals surface area contributed by atoms with E-state index in [1.165, 1.54) is 11.3 Å². The number of anilines is 1. The number of aryl methyl sites for hydroxylation is 1. The zero-order chi connectivity index (χ0) is 16.4. The van der Waals surface area contributed by atoms with Gasteiger partial charge in [-0.15, -0.1) is 0 Å². The largest absolute Gasteiger partial charge is 0.302 e. The molecule has 1 unspecified atom stereocenters. The normalized spacial score (nSPS) is 16.4. The van der Waals surface area contributed by atoms with Gasteiger partial charge >= 0.3 is 0 Å². The molecule has 1 heterocycles. The van der Waals surface area contributed by atoms with Crippen molar-refractivity contribution in [2.24, 2.45) is 11.1 Å². The predicted molar refractivity (Wildman–Crippen MR) is 93.5 cm³/mol. The Morgan fingerprint density at radius 1 is 1.39 bits per heavy atom. The predicted octanol–water partition coefficient (Wildman–Crippen LogP) is 3.23. The van der Waals surface area contributed by atoms with Gasteiger partial charge in [-0.05, 0) is 37.5 Å². The van der Waals surface area contributed by atoms with Crippen LogP contribution in [0.5, 0.6) is 0 Å². The lowest BCUT2D eigenvalue weighted by Gasteiger charge is -2.07. The summed E-state index contributed by atoms with van der Waals surface area (Å²) < 4.78 is 11.4. The number of nitrogens with zero attached hydrogens (tertiary/aromatic N) is 1. The van der Waals surface area contributed by atoms with E-state index in [0.717, 1.165) is 41.8 Å². The second kappa shape index (κ2) is 6.90. The average molecular weight is 349 g/mol. The zero-order valence-electron chi connectivity index (χ0n) is 12.9. The number of benzene rings is 1. The SMILES string of the molecule is Cc1nc(NC(=O)C2CCCC2)sc1-c1cccc(S(N)=O)c1. The highest BCUT2D eigenvalue weighted by Crippen LogP contribution is 2.34. The molecule has 3 N–H and O–H groups in total. The third-order valence-electron chi connectivity index (χ3n) is 4.08. The summed E-state index contributed by atoms with van der Waals surface area (Å²) in [6.07, 6.45) is 4.19. The maximum atomic E-state index is 12.2. The van der Waals surface area contributed by atoms with Crippen molar-refractivity contribution >= 4 is 33.4 Å². The van der Waals surface area contributed by atoms with Gasteiger partial charge in [-0.3, -0.25) is 4.79 Å². The first-order valence-corrected chi connectivity index (χ1v) is 9.62. The van der Waals surface area contributed by atoms with Crippen LogP contribution in [0.4, 0.5) is 5.13 Å². The molecule has 1 aliphatic carbocycles. The van der Waals surface area contributed by atoms with Gasteiger partial charge in [-0.1, -0.05) is 36.3 Å². The maximum absolute atomic E-state index is 12.2. The highest BCUT2D eigenvalue weighted by atomic mass is 32.2. The smallest absolute Gasteiger partial charge is 0.229 e. The molecule has 1 amide bonds. The van der Waals surface area contributed by atoms with E-state index in [4.69, 9.17) is 5.14 Å². The number of hydrogen-bond acceptors (Lipinski definition) is 4. The second-order valence-corrected chi connectivity index (χ2v) is 7.79. The molecule has 0 spiro atoms. The standard InChI is InChI=1S/C16H19N3O2S2/c1-10-14(12-7-4-8-13(9-12)23(17)21)22-16(18-10)19-15(20)11-5-2-3-6-11/h4,7-9,11H,2-3,5-6,17H2,1H3,(H,18,19,20). The molecule has 1 aromatic heterocycles. The molecule has 7 heteroatoms. The van der Waals surface area contributed by atoms with Crippen LogP contribution >= 0.6 is 11.3 Å². The number of carbonyl (C=O) groups excluding carboxylic acids is 1. The Hall–Kier alpha value is -1.57. The molecule has 0 saturated heterocycles. The summed E-state index contributed by atoms with van der Waals surface area (Å²) in [7, 11) is -1.51. The van der Waals surface area contributed by atoms with Gasteiger partial charge in [0.15, 0.2) is 5.13 Å². The van der Waals surface area contributed by atoms with Gasteiger partial charge in [0.2, 0.25) is 5.91 Å². The van der Waals surface area contributed by atoms with Crippen LogP contribution in [0.3, 0.4) is 0 Å². The van der Waals surface area contributed by atoms with Crippen molar-refractivity contribution in [2.45, 2.75) is 37.5 Å². The van der Waals surface area contributed by atoms with Crippen LogP contribution in [0.15, 0.2) is 29.2 Å². The topological polar surface area (TPSA) is 85.1 Å². The van der Waals surface area contributed by atoms with Gasteiger partial charge in [0.25, 0.3) is 0 Å². The zero-order valence-corrected chi connectivity index (χ0v) is 14.5. The fourth-order valence-corrected chi connectivity index (χ4v) is 4.30. The molecule has 1 saturated carbocycles. The van der Waals surface area contributed by atoms with E-state index < -0.39 is 11.0 Å². The second-order valence-electron chi connectivity index (χ2n) is 5.73. The van der Waals surface area contributed by atoms with E-state index in [-0.39, 0.29) is 11.8 Å². The van der Waals surface area contributed by atoms with Crippen molar-refractivity contribution in [1.82, 2.24) is 4.98 Å². The van der Waals surface area contributed by atoms with Gasteiger partial charge in [0.05, 0.1) is 15.5 Å². The van der Waals surface area contributed by atoms with Crippen LogP contribution in [0.25, 0.3) is 10.4 Å². The lowest BCUT2D eigenvalue weighted by atomic mass is 10.1. The summed E-state index contributed by atoms with van der Waals surface area (Å²) in [5.74, 6) is 0.185. The Balaban J connectivity index is 1.82. The molecular formula is C16H19N3O2S2. The molecule has 23 heavy (non-hydrogen) atoms.